The largest absolute Gasteiger partial charge is 0.374 e. The topological polar surface area (TPSA) is 21.7 Å². The average molecular weight is 157 g/mol. The third-order valence-corrected chi connectivity index (χ3v) is 2.60. The van der Waals surface area contributed by atoms with Crippen LogP contribution in [0.3, 0.4) is 0 Å². The lowest BCUT2D eigenvalue weighted by Crippen LogP contribution is -2.39. The Kier molecular flexibility index (Phi) is 1.87. The first-order valence-electron chi connectivity index (χ1n) is 4.18. The Morgan fingerprint density at radius 2 is 2.09 bits per heavy atom. The van der Waals surface area contributed by atoms with Crippen LogP contribution in [-0.4, -0.2) is 50.5 Å². The van der Waals surface area contributed by atoms with Crippen molar-refractivity contribution < 1.29 is 9.47 Å². The minimum atomic E-state index is 0.338. The molecule has 0 amide bonds. The summed E-state index contributed by atoms with van der Waals surface area (Å²) in [6, 6.07) is 0.475. The molecule has 0 aromatic carbocycles. The van der Waals surface area contributed by atoms with Gasteiger partial charge in [-0.2, -0.15) is 0 Å². The van der Waals surface area contributed by atoms with Crippen molar-refractivity contribution in [1.82, 2.24) is 4.90 Å². The van der Waals surface area contributed by atoms with Gasteiger partial charge in [-0.1, -0.05) is 0 Å². The highest BCUT2D eigenvalue weighted by molar-refractivity contribution is 4.92. The summed E-state index contributed by atoms with van der Waals surface area (Å²) >= 11 is 0. The molecule has 0 N–H and O–H groups in total. The number of fused-ring (bicyclic) bond motifs is 1. The van der Waals surface area contributed by atoms with Crippen LogP contribution >= 0.6 is 0 Å². The summed E-state index contributed by atoms with van der Waals surface area (Å²) in [6.07, 6.45) is 1.79. The maximum absolute atomic E-state index is 5.58. The van der Waals surface area contributed by atoms with E-state index in [0.29, 0.717) is 18.2 Å². The molecule has 2 fully saturated rings. The summed E-state index contributed by atoms with van der Waals surface area (Å²) < 4.78 is 11.2. The van der Waals surface area contributed by atoms with E-state index >= 15 is 0 Å². The van der Waals surface area contributed by atoms with Crippen molar-refractivity contribution in [3.63, 3.8) is 0 Å². The molecular formula is C8H15NO2. The molecule has 2 saturated heterocycles. The second-order valence-corrected chi connectivity index (χ2v) is 3.53. The molecule has 3 heteroatoms. The molecule has 0 aromatic heterocycles. The van der Waals surface area contributed by atoms with Crippen molar-refractivity contribution in [3.05, 3.63) is 0 Å². The molecule has 3 atom stereocenters. The zero-order valence-corrected chi connectivity index (χ0v) is 7.12. The predicted molar refractivity (Wildman–Crippen MR) is 41.6 cm³/mol. The second kappa shape index (κ2) is 2.73. The Morgan fingerprint density at radius 1 is 1.27 bits per heavy atom. The van der Waals surface area contributed by atoms with Crippen LogP contribution in [0.15, 0.2) is 0 Å². The van der Waals surface area contributed by atoms with E-state index in [4.69, 9.17) is 9.47 Å². The Bertz CT molecular complexity index is 149. The minimum absolute atomic E-state index is 0.338. The Balaban J connectivity index is 2.03. The fraction of sp³-hybridized carbons (Fsp3) is 1.00. The van der Waals surface area contributed by atoms with Gasteiger partial charge in [0, 0.05) is 6.61 Å². The zero-order chi connectivity index (χ0) is 7.84. The van der Waals surface area contributed by atoms with Crippen molar-refractivity contribution in [2.75, 3.05) is 27.3 Å². The molecule has 0 bridgehead atoms. The number of hydrogen-bond acceptors (Lipinski definition) is 3. The van der Waals surface area contributed by atoms with Crippen LogP contribution < -0.4 is 0 Å². The SMILES string of the molecule is CN(C)C1COC2CCOC21. The summed E-state index contributed by atoms with van der Waals surface area (Å²) in [5.74, 6) is 0. The maximum Gasteiger partial charge on any atom is 0.101 e. The Morgan fingerprint density at radius 3 is 2.82 bits per heavy atom. The summed E-state index contributed by atoms with van der Waals surface area (Å²) in [5.41, 5.74) is 0. The van der Waals surface area contributed by atoms with Gasteiger partial charge in [0.15, 0.2) is 0 Å². The van der Waals surface area contributed by atoms with Crippen molar-refractivity contribution >= 4 is 0 Å². The lowest BCUT2D eigenvalue weighted by molar-refractivity contribution is 0.0538. The molecule has 3 unspecified atom stereocenters. The number of hydrogen-bond donors (Lipinski definition) is 0. The van der Waals surface area contributed by atoms with E-state index in [-0.39, 0.29) is 0 Å². The summed E-state index contributed by atoms with van der Waals surface area (Å²) in [6.45, 7) is 1.71. The highest BCUT2D eigenvalue weighted by Gasteiger charge is 2.42. The van der Waals surface area contributed by atoms with E-state index in [1.807, 2.05) is 0 Å². The smallest absolute Gasteiger partial charge is 0.101 e. The molecule has 0 saturated carbocycles. The fourth-order valence-corrected chi connectivity index (χ4v) is 1.89. The van der Waals surface area contributed by atoms with E-state index < -0.39 is 0 Å². The number of rotatable bonds is 1. The predicted octanol–water partition coefficient (Wildman–Crippen LogP) is 0.104. The number of ether oxygens (including phenoxy) is 2. The third kappa shape index (κ3) is 1.17. The molecule has 3 nitrogen and oxygen atoms in total. The monoisotopic (exact) mass is 157 g/mol. The second-order valence-electron chi connectivity index (χ2n) is 3.53. The van der Waals surface area contributed by atoms with Crippen molar-refractivity contribution in [3.8, 4) is 0 Å². The van der Waals surface area contributed by atoms with E-state index in [1.165, 1.54) is 0 Å². The Labute approximate surface area is 67.3 Å². The summed E-state index contributed by atoms with van der Waals surface area (Å²) in [4.78, 5) is 2.19. The van der Waals surface area contributed by atoms with Gasteiger partial charge in [-0.25, -0.2) is 0 Å². The zero-order valence-electron chi connectivity index (χ0n) is 7.12. The van der Waals surface area contributed by atoms with Gasteiger partial charge in [0.2, 0.25) is 0 Å². The third-order valence-electron chi connectivity index (χ3n) is 2.60. The van der Waals surface area contributed by atoms with Crippen molar-refractivity contribution in [2.45, 2.75) is 24.7 Å². The van der Waals surface area contributed by atoms with E-state index in [9.17, 15) is 0 Å². The van der Waals surface area contributed by atoms with Crippen LogP contribution in [0.2, 0.25) is 0 Å². The molecule has 2 rings (SSSR count). The molecule has 2 aliphatic rings. The molecule has 0 spiro atoms. The Hall–Kier alpha value is -0.120. The van der Waals surface area contributed by atoms with Gasteiger partial charge >= 0.3 is 0 Å². The van der Waals surface area contributed by atoms with Crippen LogP contribution in [0.1, 0.15) is 6.42 Å². The molecule has 64 valence electrons. The van der Waals surface area contributed by atoms with E-state index in [1.54, 1.807) is 0 Å². The van der Waals surface area contributed by atoms with E-state index in [0.717, 1.165) is 19.6 Å². The molecule has 0 radical (unpaired) electrons. The highest BCUT2D eigenvalue weighted by atomic mass is 16.6. The molecule has 2 heterocycles. The van der Waals surface area contributed by atoms with E-state index in [2.05, 4.69) is 19.0 Å². The first-order chi connectivity index (χ1) is 5.29. The fourth-order valence-electron chi connectivity index (χ4n) is 1.89. The summed E-state index contributed by atoms with van der Waals surface area (Å²) in [5, 5.41) is 0. The quantitative estimate of drug-likeness (QED) is 0.539. The maximum atomic E-state index is 5.58. The molecule has 0 aliphatic carbocycles. The van der Waals surface area contributed by atoms with Gasteiger partial charge in [-0.15, -0.1) is 0 Å². The van der Waals surface area contributed by atoms with Gasteiger partial charge in [-0.3, -0.25) is 0 Å². The van der Waals surface area contributed by atoms with Crippen LogP contribution in [0.5, 0.6) is 0 Å². The average Bonchev–Trinajstić information content (AvgIpc) is 2.41. The molecule has 0 aromatic rings. The lowest BCUT2D eigenvalue weighted by Gasteiger charge is -2.22. The van der Waals surface area contributed by atoms with Crippen LogP contribution in [-0.2, 0) is 9.47 Å². The van der Waals surface area contributed by atoms with Crippen LogP contribution in [0.25, 0.3) is 0 Å². The van der Waals surface area contributed by atoms with Crippen molar-refractivity contribution in [2.24, 2.45) is 0 Å². The van der Waals surface area contributed by atoms with Crippen LogP contribution in [0, 0.1) is 0 Å². The number of nitrogens with zero attached hydrogens (tertiary/aromatic N) is 1. The summed E-state index contributed by atoms with van der Waals surface area (Å²) in [7, 11) is 4.16. The first kappa shape index (κ1) is 7.53. The molecular weight excluding hydrogens is 142 g/mol. The van der Waals surface area contributed by atoms with Gasteiger partial charge in [0.25, 0.3) is 0 Å². The van der Waals surface area contributed by atoms with Crippen LogP contribution in [0.4, 0.5) is 0 Å². The molecule has 11 heavy (non-hydrogen) atoms. The van der Waals surface area contributed by atoms with Gasteiger partial charge in [0.05, 0.1) is 18.8 Å². The number of likely N-dealkylation sites (N-methyl/N-ethyl adjacent to an activating group) is 1. The highest BCUT2D eigenvalue weighted by Crippen LogP contribution is 2.28. The van der Waals surface area contributed by atoms with Crippen molar-refractivity contribution in [1.29, 1.82) is 0 Å². The minimum Gasteiger partial charge on any atom is -0.374 e. The van der Waals surface area contributed by atoms with Gasteiger partial charge < -0.3 is 14.4 Å². The first-order valence-corrected chi connectivity index (χ1v) is 4.18. The van der Waals surface area contributed by atoms with Gasteiger partial charge in [-0.05, 0) is 20.5 Å². The standard InChI is InChI=1S/C8H15NO2/c1-9(2)6-5-11-7-3-4-10-8(6)7/h6-8H,3-5H2,1-2H3. The van der Waals surface area contributed by atoms with Gasteiger partial charge in [0.1, 0.15) is 6.10 Å². The normalized spacial score (nSPS) is 43.4. The molecule has 2 aliphatic heterocycles. The lowest BCUT2D eigenvalue weighted by atomic mass is 10.1.